The molecule has 0 bridgehead atoms. The highest BCUT2D eigenvalue weighted by Gasteiger charge is 2.25. The lowest BCUT2D eigenvalue weighted by Gasteiger charge is -2.31. The second-order valence-electron chi connectivity index (χ2n) is 4.42. The lowest BCUT2D eigenvalue weighted by atomic mass is 10.2. The molecule has 2 rings (SSSR count). The Labute approximate surface area is 112 Å². The highest BCUT2D eigenvalue weighted by Crippen LogP contribution is 2.17. The van der Waals surface area contributed by atoms with Crippen molar-refractivity contribution in [1.29, 1.82) is 0 Å². The standard InChI is InChI=1S/C13H19N3OS/c1-16-8-7-14-9-12(16)13(17)15-10-3-5-11(18-2)6-4-10/h3-6,12,14H,7-9H2,1-2H3,(H,15,17). The summed E-state index contributed by atoms with van der Waals surface area (Å²) < 4.78 is 0. The number of carbonyl (C=O) groups is 1. The second kappa shape index (κ2) is 6.22. The number of likely N-dealkylation sites (N-methyl/N-ethyl adjacent to an activating group) is 1. The minimum absolute atomic E-state index is 0.0570. The normalized spacial score (nSPS) is 20.7. The van der Waals surface area contributed by atoms with Crippen LogP contribution in [0.4, 0.5) is 5.69 Å². The van der Waals surface area contributed by atoms with Crippen molar-refractivity contribution in [2.24, 2.45) is 0 Å². The monoisotopic (exact) mass is 265 g/mol. The van der Waals surface area contributed by atoms with Crippen LogP contribution in [0.5, 0.6) is 0 Å². The van der Waals surface area contributed by atoms with E-state index in [4.69, 9.17) is 0 Å². The highest BCUT2D eigenvalue weighted by molar-refractivity contribution is 7.98. The summed E-state index contributed by atoms with van der Waals surface area (Å²) in [5.74, 6) is 0.0570. The Kier molecular flexibility index (Phi) is 4.63. The zero-order chi connectivity index (χ0) is 13.0. The topological polar surface area (TPSA) is 44.4 Å². The quantitative estimate of drug-likeness (QED) is 0.807. The molecule has 1 fully saturated rings. The fourth-order valence-electron chi connectivity index (χ4n) is 2.00. The van der Waals surface area contributed by atoms with E-state index in [1.54, 1.807) is 11.8 Å². The number of nitrogens with zero attached hydrogens (tertiary/aromatic N) is 1. The summed E-state index contributed by atoms with van der Waals surface area (Å²) in [5.41, 5.74) is 0.858. The summed E-state index contributed by atoms with van der Waals surface area (Å²) in [6.07, 6.45) is 2.04. The summed E-state index contributed by atoms with van der Waals surface area (Å²) in [5, 5.41) is 6.21. The third-order valence-corrected chi connectivity index (χ3v) is 3.91. The molecule has 1 unspecified atom stereocenters. The Balaban J connectivity index is 1.97. The van der Waals surface area contributed by atoms with E-state index in [0.717, 1.165) is 18.8 Å². The summed E-state index contributed by atoms with van der Waals surface area (Å²) in [6, 6.07) is 7.84. The number of anilines is 1. The van der Waals surface area contributed by atoms with E-state index in [9.17, 15) is 4.79 Å². The molecule has 18 heavy (non-hydrogen) atoms. The third kappa shape index (κ3) is 3.25. The van der Waals surface area contributed by atoms with Crippen LogP contribution < -0.4 is 10.6 Å². The molecule has 1 saturated heterocycles. The molecule has 0 aromatic heterocycles. The van der Waals surface area contributed by atoms with Gasteiger partial charge in [-0.2, -0.15) is 0 Å². The van der Waals surface area contributed by atoms with Gasteiger partial charge >= 0.3 is 0 Å². The molecule has 1 amide bonds. The summed E-state index contributed by atoms with van der Waals surface area (Å²) in [4.78, 5) is 15.4. The van der Waals surface area contributed by atoms with Crippen LogP contribution in [0.2, 0.25) is 0 Å². The predicted octanol–water partition coefficient (Wildman–Crippen LogP) is 1.25. The number of hydrogen-bond acceptors (Lipinski definition) is 4. The van der Waals surface area contributed by atoms with Crippen molar-refractivity contribution in [3.05, 3.63) is 24.3 Å². The molecule has 4 nitrogen and oxygen atoms in total. The number of thioether (sulfide) groups is 1. The average Bonchev–Trinajstić information content (AvgIpc) is 2.40. The molecule has 1 aromatic carbocycles. The van der Waals surface area contributed by atoms with Gasteiger partial charge in [0.05, 0.1) is 0 Å². The van der Waals surface area contributed by atoms with Crippen LogP contribution in [0.15, 0.2) is 29.2 Å². The number of hydrogen-bond donors (Lipinski definition) is 2. The van der Waals surface area contributed by atoms with Crippen molar-refractivity contribution in [2.75, 3.05) is 38.3 Å². The molecule has 0 aliphatic carbocycles. The van der Waals surface area contributed by atoms with Crippen molar-refractivity contribution < 1.29 is 4.79 Å². The van der Waals surface area contributed by atoms with Crippen LogP contribution in [0, 0.1) is 0 Å². The van der Waals surface area contributed by atoms with E-state index >= 15 is 0 Å². The minimum Gasteiger partial charge on any atom is -0.325 e. The van der Waals surface area contributed by atoms with Crippen LogP contribution in [-0.4, -0.2) is 49.8 Å². The summed E-state index contributed by atoms with van der Waals surface area (Å²) in [6.45, 7) is 2.57. The number of carbonyl (C=O) groups excluding carboxylic acids is 1. The van der Waals surface area contributed by atoms with Crippen LogP contribution in [0.1, 0.15) is 0 Å². The Hall–Kier alpha value is -1.04. The lowest BCUT2D eigenvalue weighted by molar-refractivity contribution is -0.121. The first-order chi connectivity index (χ1) is 8.70. The van der Waals surface area contributed by atoms with Gasteiger partial charge in [-0.1, -0.05) is 0 Å². The van der Waals surface area contributed by atoms with E-state index in [2.05, 4.69) is 15.5 Å². The summed E-state index contributed by atoms with van der Waals surface area (Å²) >= 11 is 1.69. The van der Waals surface area contributed by atoms with E-state index in [1.165, 1.54) is 4.90 Å². The van der Waals surface area contributed by atoms with Crippen LogP contribution >= 0.6 is 11.8 Å². The molecule has 1 aromatic rings. The molecule has 0 radical (unpaired) electrons. The van der Waals surface area contributed by atoms with Crippen LogP contribution in [-0.2, 0) is 4.79 Å². The molecule has 2 N–H and O–H groups in total. The molecule has 1 aliphatic rings. The first-order valence-corrected chi connectivity index (χ1v) is 7.29. The smallest absolute Gasteiger partial charge is 0.243 e. The van der Waals surface area contributed by atoms with Gasteiger partial charge in [0, 0.05) is 30.2 Å². The average molecular weight is 265 g/mol. The van der Waals surface area contributed by atoms with Gasteiger partial charge in [0.15, 0.2) is 0 Å². The molecule has 1 aliphatic heterocycles. The van der Waals surface area contributed by atoms with Gasteiger partial charge < -0.3 is 10.6 Å². The Morgan fingerprint density at radius 2 is 2.17 bits per heavy atom. The van der Waals surface area contributed by atoms with Gasteiger partial charge in [-0.15, -0.1) is 11.8 Å². The Bertz CT molecular complexity index is 407. The first-order valence-electron chi connectivity index (χ1n) is 6.06. The van der Waals surface area contributed by atoms with Gasteiger partial charge in [-0.25, -0.2) is 0 Å². The molecule has 0 spiro atoms. The van der Waals surface area contributed by atoms with E-state index in [0.29, 0.717) is 6.54 Å². The van der Waals surface area contributed by atoms with Gasteiger partial charge in [-0.05, 0) is 37.6 Å². The number of piperazine rings is 1. The maximum Gasteiger partial charge on any atom is 0.243 e. The van der Waals surface area contributed by atoms with Crippen molar-refractivity contribution in [2.45, 2.75) is 10.9 Å². The zero-order valence-electron chi connectivity index (χ0n) is 10.8. The number of nitrogens with one attached hydrogen (secondary N) is 2. The fraction of sp³-hybridized carbons (Fsp3) is 0.462. The Morgan fingerprint density at radius 3 is 2.78 bits per heavy atom. The lowest BCUT2D eigenvalue weighted by Crippen LogP contribution is -2.54. The largest absolute Gasteiger partial charge is 0.325 e. The van der Waals surface area contributed by atoms with E-state index < -0.39 is 0 Å². The third-order valence-electron chi connectivity index (χ3n) is 3.17. The highest BCUT2D eigenvalue weighted by atomic mass is 32.2. The molecular weight excluding hydrogens is 246 g/mol. The number of benzene rings is 1. The minimum atomic E-state index is -0.0843. The second-order valence-corrected chi connectivity index (χ2v) is 5.30. The first kappa shape index (κ1) is 13.4. The van der Waals surface area contributed by atoms with Gasteiger partial charge in [0.1, 0.15) is 6.04 Å². The summed E-state index contributed by atoms with van der Waals surface area (Å²) in [7, 11) is 1.99. The van der Waals surface area contributed by atoms with Crippen LogP contribution in [0.3, 0.4) is 0 Å². The molecule has 0 saturated carbocycles. The van der Waals surface area contributed by atoms with Gasteiger partial charge in [0.2, 0.25) is 5.91 Å². The van der Waals surface area contributed by atoms with Crippen molar-refractivity contribution in [1.82, 2.24) is 10.2 Å². The molecule has 98 valence electrons. The molecule has 1 atom stereocenters. The Morgan fingerprint density at radius 1 is 1.44 bits per heavy atom. The fourth-order valence-corrected chi connectivity index (χ4v) is 2.41. The van der Waals surface area contributed by atoms with Crippen molar-refractivity contribution in [3.63, 3.8) is 0 Å². The van der Waals surface area contributed by atoms with Crippen LogP contribution in [0.25, 0.3) is 0 Å². The number of rotatable bonds is 3. The number of amides is 1. The van der Waals surface area contributed by atoms with Gasteiger partial charge in [0.25, 0.3) is 0 Å². The maximum absolute atomic E-state index is 12.1. The van der Waals surface area contributed by atoms with Crippen molar-refractivity contribution >= 4 is 23.4 Å². The predicted molar refractivity (Wildman–Crippen MR) is 76.1 cm³/mol. The maximum atomic E-state index is 12.1. The molecular formula is C13H19N3OS. The van der Waals surface area contributed by atoms with Gasteiger partial charge in [-0.3, -0.25) is 9.69 Å². The molecule has 1 heterocycles. The zero-order valence-corrected chi connectivity index (χ0v) is 11.6. The van der Waals surface area contributed by atoms with Crippen molar-refractivity contribution in [3.8, 4) is 0 Å². The SMILES string of the molecule is CSc1ccc(NC(=O)C2CNCCN2C)cc1. The van der Waals surface area contributed by atoms with E-state index in [-0.39, 0.29) is 11.9 Å². The van der Waals surface area contributed by atoms with E-state index in [1.807, 2.05) is 37.6 Å². The molecule has 5 heteroatoms.